The zero-order chi connectivity index (χ0) is 14.9. The largest absolute Gasteiger partial charge is 0.481 e. The smallest absolute Gasteiger partial charge is 0.333 e. The molecule has 0 rings (SSSR count). The van der Waals surface area contributed by atoms with Crippen LogP contribution in [0, 0.1) is 0 Å². The molecule has 0 aliphatic carbocycles. The maximum Gasteiger partial charge on any atom is 0.333 e. The van der Waals surface area contributed by atoms with Crippen molar-refractivity contribution < 1.29 is 49.8 Å². The molecule has 2 atom stereocenters. The normalized spacial score (nSPS) is 12.6. The van der Waals surface area contributed by atoms with E-state index in [2.05, 4.69) is 0 Å². The van der Waals surface area contributed by atoms with Crippen molar-refractivity contribution in [3.05, 3.63) is 0 Å². The van der Waals surface area contributed by atoms with Crippen molar-refractivity contribution in [3.63, 3.8) is 0 Å². The van der Waals surface area contributed by atoms with E-state index in [1.54, 1.807) is 0 Å². The lowest BCUT2D eigenvalue weighted by atomic mass is 10.3. The fourth-order valence-electron chi connectivity index (χ4n) is 0.505. The number of rotatable bonds is 6. The van der Waals surface area contributed by atoms with E-state index >= 15 is 0 Å². The molecule has 104 valence electrons. The second-order valence-electron chi connectivity index (χ2n) is 2.90. The van der Waals surface area contributed by atoms with E-state index in [4.69, 9.17) is 30.6 Å². The quantitative estimate of drug-likeness (QED) is 0.308. The summed E-state index contributed by atoms with van der Waals surface area (Å²) in [4.78, 5) is 38.8. The summed E-state index contributed by atoms with van der Waals surface area (Å²) in [5.74, 6) is -5.69. The molecule has 0 unspecified atom stereocenters. The molecule has 0 aromatic carbocycles. The van der Waals surface area contributed by atoms with E-state index in [1.165, 1.54) is 0 Å². The number of carboxylic acid groups (broad SMARTS) is 4. The maximum absolute atomic E-state index is 9.72. The SMILES string of the molecule is O=C(O)C[C@@H](O)C(=O)O.O=C(O)C[C@H](O)C(=O)O. The fourth-order valence-corrected chi connectivity index (χ4v) is 0.505. The first-order chi connectivity index (χ1) is 8.07. The van der Waals surface area contributed by atoms with E-state index in [0.717, 1.165) is 0 Å². The highest BCUT2D eigenvalue weighted by molar-refractivity contribution is 5.79. The van der Waals surface area contributed by atoms with Crippen molar-refractivity contribution in [2.24, 2.45) is 0 Å². The van der Waals surface area contributed by atoms with Gasteiger partial charge in [0.1, 0.15) is 0 Å². The van der Waals surface area contributed by atoms with Crippen LogP contribution in [0.15, 0.2) is 0 Å². The second kappa shape index (κ2) is 8.90. The average Bonchev–Trinajstić information content (AvgIpc) is 2.16. The summed E-state index contributed by atoms with van der Waals surface area (Å²) in [6.07, 6.45) is -5.09. The molecular weight excluding hydrogens is 256 g/mol. The Balaban J connectivity index is 0. The highest BCUT2D eigenvalue weighted by Crippen LogP contribution is 1.90. The van der Waals surface area contributed by atoms with Crippen LogP contribution in [0.1, 0.15) is 12.8 Å². The van der Waals surface area contributed by atoms with Gasteiger partial charge in [-0.25, -0.2) is 9.59 Å². The van der Waals surface area contributed by atoms with Crippen LogP contribution in [0.5, 0.6) is 0 Å². The van der Waals surface area contributed by atoms with Crippen molar-refractivity contribution in [2.45, 2.75) is 25.0 Å². The first kappa shape index (κ1) is 18.2. The van der Waals surface area contributed by atoms with Gasteiger partial charge in [-0.05, 0) is 0 Å². The van der Waals surface area contributed by atoms with Gasteiger partial charge in [0.15, 0.2) is 12.2 Å². The Morgan fingerprint density at radius 1 is 0.667 bits per heavy atom. The Hall–Kier alpha value is -2.20. The summed E-state index contributed by atoms with van der Waals surface area (Å²) in [6, 6.07) is 0. The van der Waals surface area contributed by atoms with Crippen LogP contribution >= 0.6 is 0 Å². The van der Waals surface area contributed by atoms with Crippen molar-refractivity contribution >= 4 is 23.9 Å². The van der Waals surface area contributed by atoms with Gasteiger partial charge in [0.25, 0.3) is 0 Å². The number of hydrogen-bond donors (Lipinski definition) is 6. The van der Waals surface area contributed by atoms with Gasteiger partial charge < -0.3 is 30.6 Å². The molecule has 0 aromatic rings. The standard InChI is InChI=1S/2C4H6O5/c2*5-2(4(8)9)1-3(6)7/h2*2,5H,1H2,(H,6,7)(H,8,9)/t2*2-/m10/s1. The van der Waals surface area contributed by atoms with Crippen molar-refractivity contribution in [1.82, 2.24) is 0 Å². The van der Waals surface area contributed by atoms with E-state index < -0.39 is 48.9 Å². The summed E-state index contributed by atoms with van der Waals surface area (Å²) in [5.41, 5.74) is 0. The molecule has 0 aliphatic heterocycles. The van der Waals surface area contributed by atoms with Crippen LogP contribution in [0.3, 0.4) is 0 Å². The molecule has 0 bridgehead atoms. The second-order valence-corrected chi connectivity index (χ2v) is 2.90. The van der Waals surface area contributed by atoms with E-state index in [1.807, 2.05) is 0 Å². The molecule has 6 N–H and O–H groups in total. The van der Waals surface area contributed by atoms with E-state index in [9.17, 15) is 19.2 Å². The summed E-state index contributed by atoms with van der Waals surface area (Å²) in [5, 5.41) is 48.3. The molecule has 0 aromatic heterocycles. The monoisotopic (exact) mass is 268 g/mol. The molecular formula is C8H12O10. The zero-order valence-electron chi connectivity index (χ0n) is 8.89. The average molecular weight is 268 g/mol. The van der Waals surface area contributed by atoms with Crippen LogP contribution in [-0.2, 0) is 19.2 Å². The van der Waals surface area contributed by atoms with E-state index in [-0.39, 0.29) is 0 Å². The maximum atomic E-state index is 9.72. The van der Waals surface area contributed by atoms with Gasteiger partial charge in [-0.2, -0.15) is 0 Å². The minimum Gasteiger partial charge on any atom is -0.481 e. The molecule has 0 radical (unpaired) electrons. The lowest BCUT2D eigenvalue weighted by Gasteiger charge is -1.97. The summed E-state index contributed by atoms with van der Waals surface area (Å²) in [7, 11) is 0. The Morgan fingerprint density at radius 2 is 0.889 bits per heavy atom. The third-order valence-electron chi connectivity index (χ3n) is 1.31. The zero-order valence-corrected chi connectivity index (χ0v) is 8.89. The number of carbonyl (C=O) groups is 4. The Bertz CT molecular complexity index is 290. The Morgan fingerprint density at radius 3 is 0.944 bits per heavy atom. The molecule has 10 heteroatoms. The molecule has 0 aliphatic rings. The topological polar surface area (TPSA) is 190 Å². The Labute approximate surface area is 99.7 Å². The summed E-state index contributed by atoms with van der Waals surface area (Å²) >= 11 is 0. The third-order valence-corrected chi connectivity index (χ3v) is 1.31. The molecule has 10 nitrogen and oxygen atoms in total. The fraction of sp³-hybridized carbons (Fsp3) is 0.500. The van der Waals surface area contributed by atoms with Gasteiger partial charge in [0.2, 0.25) is 0 Å². The predicted octanol–water partition coefficient (Wildman–Crippen LogP) is -2.19. The first-order valence-corrected chi connectivity index (χ1v) is 4.33. The van der Waals surface area contributed by atoms with E-state index in [0.29, 0.717) is 0 Å². The van der Waals surface area contributed by atoms with Crippen molar-refractivity contribution in [1.29, 1.82) is 0 Å². The van der Waals surface area contributed by atoms with Gasteiger partial charge in [-0.15, -0.1) is 0 Å². The van der Waals surface area contributed by atoms with Crippen LogP contribution in [0.4, 0.5) is 0 Å². The lowest BCUT2D eigenvalue weighted by molar-refractivity contribution is -0.153. The molecule has 0 fully saturated rings. The van der Waals surface area contributed by atoms with Gasteiger partial charge in [0.05, 0.1) is 12.8 Å². The predicted molar refractivity (Wildman–Crippen MR) is 51.8 cm³/mol. The summed E-state index contributed by atoms with van der Waals surface area (Å²) in [6.45, 7) is 0. The minimum absolute atomic E-state index is 0.755. The van der Waals surface area contributed by atoms with Crippen LogP contribution in [-0.4, -0.2) is 66.7 Å². The Kier molecular flexibility index (Phi) is 8.98. The van der Waals surface area contributed by atoms with Gasteiger partial charge in [0, 0.05) is 0 Å². The number of aliphatic hydroxyl groups is 2. The van der Waals surface area contributed by atoms with Gasteiger partial charge in [-0.1, -0.05) is 0 Å². The third kappa shape index (κ3) is 11.9. The molecule has 0 heterocycles. The summed E-state index contributed by atoms with van der Waals surface area (Å²) < 4.78 is 0. The highest BCUT2D eigenvalue weighted by Gasteiger charge is 2.16. The molecule has 0 spiro atoms. The number of aliphatic hydroxyl groups excluding tert-OH is 2. The molecule has 0 saturated heterocycles. The molecule has 18 heavy (non-hydrogen) atoms. The van der Waals surface area contributed by atoms with Gasteiger partial charge >= 0.3 is 23.9 Å². The lowest BCUT2D eigenvalue weighted by Crippen LogP contribution is -2.22. The van der Waals surface area contributed by atoms with Crippen molar-refractivity contribution in [3.8, 4) is 0 Å². The number of carboxylic acids is 4. The highest BCUT2D eigenvalue weighted by atomic mass is 16.4. The van der Waals surface area contributed by atoms with Crippen LogP contribution < -0.4 is 0 Å². The van der Waals surface area contributed by atoms with Crippen molar-refractivity contribution in [2.75, 3.05) is 0 Å². The number of aliphatic carboxylic acids is 4. The minimum atomic E-state index is -1.79. The number of hydrogen-bond acceptors (Lipinski definition) is 6. The molecule has 0 amide bonds. The first-order valence-electron chi connectivity index (χ1n) is 4.33. The van der Waals surface area contributed by atoms with Gasteiger partial charge in [-0.3, -0.25) is 9.59 Å². The van der Waals surface area contributed by atoms with Crippen LogP contribution in [0.25, 0.3) is 0 Å². The van der Waals surface area contributed by atoms with Crippen LogP contribution in [0.2, 0.25) is 0 Å². The molecule has 0 saturated carbocycles.